The minimum absolute atomic E-state index is 0.111. The van der Waals surface area contributed by atoms with Crippen LogP contribution in [0.1, 0.15) is 5.82 Å². The first-order valence-electron chi connectivity index (χ1n) is 10.5. The van der Waals surface area contributed by atoms with Crippen LogP contribution in [0.2, 0.25) is 5.02 Å². The Kier molecular flexibility index (Phi) is 5.73. The fraction of sp³-hybridized carbons (Fsp3) is 0.0800. The van der Waals surface area contributed by atoms with Crippen molar-refractivity contribution in [3.63, 3.8) is 0 Å². The van der Waals surface area contributed by atoms with Crippen molar-refractivity contribution in [1.29, 1.82) is 0 Å². The fourth-order valence-corrected chi connectivity index (χ4v) is 4.09. The lowest BCUT2D eigenvalue weighted by atomic mass is 10.2. The molecule has 5 aromatic rings. The summed E-state index contributed by atoms with van der Waals surface area (Å²) < 4.78 is 17.7. The topological polar surface area (TPSA) is 76.8 Å². The van der Waals surface area contributed by atoms with Gasteiger partial charge in [-0.2, -0.15) is 0 Å². The van der Waals surface area contributed by atoms with Crippen molar-refractivity contribution < 1.29 is 9.18 Å². The Bertz CT molecular complexity index is 1490. The minimum atomic E-state index is -0.531. The Balaban J connectivity index is 1.30. The standard InChI is InChI=1S/C25H20ClFN6O/c1-32-22(15-33-14-13-16-5-4-6-19(26)23(16)33)30-31-24(32)17-9-11-18(12-10-17)28-25(34)29-21-8-3-2-7-20(21)27/h2-14H,15H2,1H3,(H2,28,29,34). The lowest BCUT2D eigenvalue weighted by Gasteiger charge is -2.10. The highest BCUT2D eigenvalue weighted by molar-refractivity contribution is 6.35. The fourth-order valence-electron chi connectivity index (χ4n) is 3.80. The second-order valence-corrected chi connectivity index (χ2v) is 8.16. The van der Waals surface area contributed by atoms with Gasteiger partial charge in [0, 0.05) is 29.9 Å². The number of fused-ring (bicyclic) bond motifs is 1. The van der Waals surface area contributed by atoms with E-state index in [9.17, 15) is 9.18 Å². The van der Waals surface area contributed by atoms with Crippen LogP contribution in [0.15, 0.2) is 79.0 Å². The Morgan fingerprint density at radius 3 is 2.56 bits per heavy atom. The molecule has 0 saturated carbocycles. The van der Waals surface area contributed by atoms with E-state index in [1.54, 1.807) is 24.3 Å². The Morgan fingerprint density at radius 1 is 0.971 bits per heavy atom. The molecule has 3 aromatic carbocycles. The number of nitrogens with one attached hydrogen (secondary N) is 2. The number of rotatable bonds is 5. The summed E-state index contributed by atoms with van der Waals surface area (Å²) in [5.41, 5.74) is 2.47. The van der Waals surface area contributed by atoms with Gasteiger partial charge >= 0.3 is 6.03 Å². The summed E-state index contributed by atoms with van der Waals surface area (Å²) in [7, 11) is 1.91. The molecule has 0 aliphatic heterocycles. The van der Waals surface area contributed by atoms with Gasteiger partial charge < -0.3 is 19.8 Å². The van der Waals surface area contributed by atoms with Crippen LogP contribution in [0.4, 0.5) is 20.6 Å². The van der Waals surface area contributed by atoms with E-state index in [-0.39, 0.29) is 5.69 Å². The van der Waals surface area contributed by atoms with E-state index in [4.69, 9.17) is 11.6 Å². The highest BCUT2D eigenvalue weighted by atomic mass is 35.5. The highest BCUT2D eigenvalue weighted by Crippen LogP contribution is 2.26. The number of halogens is 2. The number of anilines is 2. The maximum atomic E-state index is 13.7. The van der Waals surface area contributed by atoms with Crippen molar-refractivity contribution in [3.05, 3.63) is 95.7 Å². The van der Waals surface area contributed by atoms with E-state index < -0.39 is 11.8 Å². The Morgan fingerprint density at radius 2 is 1.76 bits per heavy atom. The molecule has 7 nitrogen and oxygen atoms in total. The van der Waals surface area contributed by atoms with Crippen LogP contribution in [-0.2, 0) is 13.6 Å². The van der Waals surface area contributed by atoms with E-state index in [0.717, 1.165) is 22.3 Å². The van der Waals surface area contributed by atoms with Gasteiger partial charge in [-0.15, -0.1) is 10.2 Å². The number of amides is 2. The lowest BCUT2D eigenvalue weighted by molar-refractivity contribution is 0.262. The van der Waals surface area contributed by atoms with Gasteiger partial charge in [-0.3, -0.25) is 0 Å². The molecule has 0 aliphatic rings. The van der Waals surface area contributed by atoms with Crippen molar-refractivity contribution in [2.75, 3.05) is 10.6 Å². The SMILES string of the molecule is Cn1c(Cn2ccc3cccc(Cl)c32)nnc1-c1ccc(NC(=O)Nc2ccccc2F)cc1. The number of carbonyl (C=O) groups excluding carboxylic acids is 1. The number of urea groups is 1. The third kappa shape index (κ3) is 4.23. The minimum Gasteiger partial charge on any atom is -0.339 e. The quantitative estimate of drug-likeness (QED) is 0.332. The molecule has 0 radical (unpaired) electrons. The normalized spacial score (nSPS) is 11.0. The van der Waals surface area contributed by atoms with Crippen LogP contribution >= 0.6 is 11.6 Å². The van der Waals surface area contributed by atoms with E-state index in [1.807, 2.05) is 58.8 Å². The highest BCUT2D eigenvalue weighted by Gasteiger charge is 2.14. The maximum absolute atomic E-state index is 13.7. The summed E-state index contributed by atoms with van der Waals surface area (Å²) in [6.07, 6.45) is 1.98. The molecule has 0 aliphatic carbocycles. The molecule has 2 N–H and O–H groups in total. The molecule has 0 fully saturated rings. The zero-order valence-electron chi connectivity index (χ0n) is 18.2. The van der Waals surface area contributed by atoms with Gasteiger partial charge in [-0.05, 0) is 48.5 Å². The molecule has 5 rings (SSSR count). The number of carbonyl (C=O) groups is 1. The number of benzene rings is 3. The molecule has 9 heteroatoms. The lowest BCUT2D eigenvalue weighted by Crippen LogP contribution is -2.20. The second-order valence-electron chi connectivity index (χ2n) is 7.76. The van der Waals surface area contributed by atoms with E-state index in [0.29, 0.717) is 23.1 Å². The molecular formula is C25H20ClFN6O. The molecule has 34 heavy (non-hydrogen) atoms. The smallest absolute Gasteiger partial charge is 0.323 e. The summed E-state index contributed by atoms with van der Waals surface area (Å²) in [6, 6.07) is 20.5. The van der Waals surface area contributed by atoms with E-state index in [2.05, 4.69) is 20.8 Å². The van der Waals surface area contributed by atoms with Crippen molar-refractivity contribution in [2.24, 2.45) is 7.05 Å². The molecule has 0 spiro atoms. The van der Waals surface area contributed by atoms with Crippen LogP contribution in [0.3, 0.4) is 0 Å². The van der Waals surface area contributed by atoms with Gasteiger partial charge in [-0.1, -0.05) is 35.9 Å². The van der Waals surface area contributed by atoms with Crippen molar-refractivity contribution in [3.8, 4) is 11.4 Å². The van der Waals surface area contributed by atoms with Crippen LogP contribution < -0.4 is 10.6 Å². The number of aromatic nitrogens is 4. The second kappa shape index (κ2) is 8.99. The summed E-state index contributed by atoms with van der Waals surface area (Å²) in [5, 5.41) is 15.7. The number of nitrogens with zero attached hydrogens (tertiary/aromatic N) is 4. The van der Waals surface area contributed by atoms with Crippen LogP contribution in [-0.4, -0.2) is 25.4 Å². The number of para-hydroxylation sites is 2. The Labute approximate surface area is 199 Å². The van der Waals surface area contributed by atoms with Crippen LogP contribution in [0, 0.1) is 5.82 Å². The van der Waals surface area contributed by atoms with Crippen molar-refractivity contribution in [1.82, 2.24) is 19.3 Å². The molecule has 0 atom stereocenters. The summed E-state index contributed by atoms with van der Waals surface area (Å²) in [6.45, 7) is 0.520. The average molecular weight is 475 g/mol. The van der Waals surface area contributed by atoms with Crippen LogP contribution in [0.25, 0.3) is 22.3 Å². The van der Waals surface area contributed by atoms with Gasteiger partial charge in [-0.25, -0.2) is 9.18 Å². The van der Waals surface area contributed by atoms with E-state index in [1.165, 1.54) is 12.1 Å². The third-order valence-corrected chi connectivity index (χ3v) is 5.84. The maximum Gasteiger partial charge on any atom is 0.323 e. The van der Waals surface area contributed by atoms with Gasteiger partial charge in [0.2, 0.25) is 0 Å². The zero-order valence-corrected chi connectivity index (χ0v) is 18.9. The molecule has 0 unspecified atom stereocenters. The summed E-state index contributed by atoms with van der Waals surface area (Å²) >= 11 is 6.40. The monoisotopic (exact) mass is 474 g/mol. The number of hydrogen-bond acceptors (Lipinski definition) is 3. The molecule has 0 bridgehead atoms. The van der Waals surface area contributed by atoms with Crippen molar-refractivity contribution >= 4 is 39.9 Å². The van der Waals surface area contributed by atoms with Crippen molar-refractivity contribution in [2.45, 2.75) is 6.54 Å². The molecular weight excluding hydrogens is 455 g/mol. The van der Waals surface area contributed by atoms with Gasteiger partial charge in [0.1, 0.15) is 5.82 Å². The third-order valence-electron chi connectivity index (χ3n) is 5.54. The molecule has 0 saturated heterocycles. The average Bonchev–Trinajstić information content (AvgIpc) is 3.41. The summed E-state index contributed by atoms with van der Waals surface area (Å²) in [4.78, 5) is 12.2. The zero-order chi connectivity index (χ0) is 23.7. The molecule has 2 amide bonds. The summed E-state index contributed by atoms with van der Waals surface area (Å²) in [5.74, 6) is 0.972. The van der Waals surface area contributed by atoms with E-state index >= 15 is 0 Å². The number of hydrogen-bond donors (Lipinski definition) is 2. The molecule has 2 aromatic heterocycles. The Hall–Kier alpha value is -4.17. The predicted molar refractivity (Wildman–Crippen MR) is 132 cm³/mol. The first kappa shape index (κ1) is 21.7. The van der Waals surface area contributed by atoms with Gasteiger partial charge in [0.15, 0.2) is 11.6 Å². The molecule has 2 heterocycles. The van der Waals surface area contributed by atoms with Crippen LogP contribution in [0.5, 0.6) is 0 Å². The largest absolute Gasteiger partial charge is 0.339 e. The van der Waals surface area contributed by atoms with Gasteiger partial charge in [0.05, 0.1) is 22.8 Å². The predicted octanol–water partition coefficient (Wildman–Crippen LogP) is 5.92. The first-order chi connectivity index (χ1) is 16.5. The molecule has 170 valence electrons. The van der Waals surface area contributed by atoms with Gasteiger partial charge in [0.25, 0.3) is 0 Å². The first-order valence-corrected chi connectivity index (χ1v) is 10.9.